The van der Waals surface area contributed by atoms with Gasteiger partial charge in [-0.2, -0.15) is 0 Å². The highest BCUT2D eigenvalue weighted by molar-refractivity contribution is 5.94. The molecule has 0 saturated carbocycles. The Bertz CT molecular complexity index is 680. The lowest BCUT2D eigenvalue weighted by molar-refractivity contribution is 0.0945. The highest BCUT2D eigenvalue weighted by Crippen LogP contribution is 2.06. The van der Waals surface area contributed by atoms with E-state index in [1.54, 1.807) is 36.4 Å². The van der Waals surface area contributed by atoms with Crippen LogP contribution in [0.5, 0.6) is 0 Å². The summed E-state index contributed by atoms with van der Waals surface area (Å²) >= 11 is 0. The van der Waals surface area contributed by atoms with Gasteiger partial charge in [-0.3, -0.25) is 4.79 Å². The Hall–Kier alpha value is -3.03. The van der Waals surface area contributed by atoms with Crippen LogP contribution in [0.4, 0.5) is 5.69 Å². The predicted molar refractivity (Wildman–Crippen MR) is 93.9 cm³/mol. The molecule has 4 nitrogen and oxygen atoms in total. The first-order chi connectivity index (χ1) is 11.2. The van der Waals surface area contributed by atoms with E-state index in [1.807, 2.05) is 12.1 Å². The van der Waals surface area contributed by atoms with Crippen LogP contribution in [-0.4, -0.2) is 24.2 Å². The molecular formula is C19H20N2O2. The number of aliphatic hydroxyl groups excluding tert-OH is 1. The molecule has 23 heavy (non-hydrogen) atoms. The molecule has 0 saturated heterocycles. The maximum Gasteiger partial charge on any atom is 0.251 e. The number of rotatable bonds is 3. The van der Waals surface area contributed by atoms with Crippen LogP contribution in [0.25, 0.3) is 0 Å². The van der Waals surface area contributed by atoms with Gasteiger partial charge in [0, 0.05) is 28.9 Å². The van der Waals surface area contributed by atoms with Crippen molar-refractivity contribution in [3.05, 3.63) is 78.4 Å². The van der Waals surface area contributed by atoms with Gasteiger partial charge >= 0.3 is 0 Å². The van der Waals surface area contributed by atoms with Crippen LogP contribution in [0.2, 0.25) is 0 Å². The van der Waals surface area contributed by atoms with Gasteiger partial charge in [-0.1, -0.05) is 11.8 Å². The van der Waals surface area contributed by atoms with Crippen molar-refractivity contribution < 1.29 is 9.90 Å². The van der Waals surface area contributed by atoms with Crippen molar-refractivity contribution >= 4 is 11.6 Å². The van der Waals surface area contributed by atoms with Crippen LogP contribution < -0.4 is 11.1 Å². The van der Waals surface area contributed by atoms with E-state index >= 15 is 0 Å². The largest absolute Gasteiger partial charge is 0.399 e. The number of carbonyl (C=O) groups is 1. The van der Waals surface area contributed by atoms with Gasteiger partial charge in [-0.05, 0) is 48.5 Å². The highest BCUT2D eigenvalue weighted by atomic mass is 16.3. The molecule has 1 amide bonds. The summed E-state index contributed by atoms with van der Waals surface area (Å²) in [5.41, 5.74) is 8.57. The van der Waals surface area contributed by atoms with Gasteiger partial charge in [0.1, 0.15) is 0 Å². The average molecular weight is 308 g/mol. The number of nitrogen functional groups attached to an aromatic ring is 1. The van der Waals surface area contributed by atoms with Crippen molar-refractivity contribution in [2.45, 2.75) is 0 Å². The first-order valence-electron chi connectivity index (χ1n) is 7.06. The summed E-state index contributed by atoms with van der Waals surface area (Å²) < 4.78 is 0. The maximum absolute atomic E-state index is 11.7. The molecule has 118 valence electrons. The topological polar surface area (TPSA) is 75.4 Å². The zero-order valence-corrected chi connectivity index (χ0v) is 12.9. The fraction of sp³-hybridized carbons (Fsp3) is 0.105. The molecule has 2 rings (SSSR count). The van der Waals surface area contributed by atoms with Gasteiger partial charge in [0.15, 0.2) is 0 Å². The van der Waals surface area contributed by atoms with E-state index in [2.05, 4.69) is 30.3 Å². The Balaban J connectivity index is 0.00000127. The predicted octanol–water partition coefficient (Wildman–Crippen LogP) is 2.19. The molecule has 4 N–H and O–H groups in total. The number of carbonyl (C=O) groups excluding carboxylic acids is 1. The molecule has 0 atom stereocenters. The molecule has 0 aromatic heterocycles. The third-order valence-electron chi connectivity index (χ3n) is 2.81. The number of anilines is 1. The second kappa shape index (κ2) is 9.82. The van der Waals surface area contributed by atoms with E-state index < -0.39 is 0 Å². The van der Waals surface area contributed by atoms with E-state index in [1.165, 1.54) is 0 Å². The van der Waals surface area contributed by atoms with Gasteiger partial charge < -0.3 is 16.2 Å². The van der Waals surface area contributed by atoms with Gasteiger partial charge in [0.05, 0.1) is 6.61 Å². The molecular weight excluding hydrogens is 288 g/mol. The average Bonchev–Trinajstić information content (AvgIpc) is 2.61. The minimum Gasteiger partial charge on any atom is -0.399 e. The van der Waals surface area contributed by atoms with Gasteiger partial charge in [-0.25, -0.2) is 0 Å². The molecule has 0 aliphatic carbocycles. The molecule has 0 aliphatic rings. The van der Waals surface area contributed by atoms with Gasteiger partial charge in [0.2, 0.25) is 0 Å². The number of hydrogen-bond acceptors (Lipinski definition) is 3. The summed E-state index contributed by atoms with van der Waals surface area (Å²) in [5.74, 6) is 5.85. The number of aliphatic hydroxyl groups is 1. The Morgan fingerprint density at radius 2 is 1.48 bits per heavy atom. The van der Waals surface area contributed by atoms with Crippen molar-refractivity contribution in [3.8, 4) is 11.8 Å². The SMILES string of the molecule is C=C.Nc1ccc(C#Cc2ccc(C(=O)NCCO)cc2)cc1. The third-order valence-corrected chi connectivity index (χ3v) is 2.81. The molecule has 0 heterocycles. The van der Waals surface area contributed by atoms with Crippen LogP contribution in [0.1, 0.15) is 21.5 Å². The smallest absolute Gasteiger partial charge is 0.251 e. The molecule has 2 aromatic rings. The minimum atomic E-state index is -0.206. The van der Waals surface area contributed by atoms with Crippen LogP contribution in [-0.2, 0) is 0 Å². The molecule has 0 spiro atoms. The van der Waals surface area contributed by atoms with E-state index in [0.29, 0.717) is 11.3 Å². The Morgan fingerprint density at radius 3 is 1.96 bits per heavy atom. The van der Waals surface area contributed by atoms with Crippen LogP contribution in [0.3, 0.4) is 0 Å². The molecule has 0 aliphatic heterocycles. The second-order valence-electron chi connectivity index (χ2n) is 4.43. The van der Waals surface area contributed by atoms with E-state index in [4.69, 9.17) is 10.8 Å². The summed E-state index contributed by atoms with van der Waals surface area (Å²) in [5, 5.41) is 11.3. The summed E-state index contributed by atoms with van der Waals surface area (Å²) in [4.78, 5) is 11.7. The molecule has 2 aromatic carbocycles. The fourth-order valence-electron chi connectivity index (χ4n) is 1.69. The molecule has 0 unspecified atom stereocenters. The zero-order chi connectivity index (χ0) is 17.1. The second-order valence-corrected chi connectivity index (χ2v) is 4.43. The Kier molecular flexibility index (Phi) is 7.70. The van der Waals surface area contributed by atoms with Crippen molar-refractivity contribution in [3.63, 3.8) is 0 Å². The number of benzene rings is 2. The highest BCUT2D eigenvalue weighted by Gasteiger charge is 2.03. The van der Waals surface area contributed by atoms with E-state index in [0.717, 1.165) is 11.1 Å². The van der Waals surface area contributed by atoms with E-state index in [9.17, 15) is 4.79 Å². The summed E-state index contributed by atoms with van der Waals surface area (Å²) in [6, 6.07) is 14.3. The fourth-order valence-corrected chi connectivity index (χ4v) is 1.69. The summed E-state index contributed by atoms with van der Waals surface area (Å²) in [6.07, 6.45) is 0. The van der Waals surface area contributed by atoms with Crippen molar-refractivity contribution in [1.82, 2.24) is 5.32 Å². The van der Waals surface area contributed by atoms with Crippen LogP contribution in [0, 0.1) is 11.8 Å². The molecule has 0 fully saturated rings. The lowest BCUT2D eigenvalue weighted by Crippen LogP contribution is -2.26. The zero-order valence-electron chi connectivity index (χ0n) is 12.9. The summed E-state index contributed by atoms with van der Waals surface area (Å²) in [7, 11) is 0. The minimum absolute atomic E-state index is 0.0725. The Morgan fingerprint density at radius 1 is 1.00 bits per heavy atom. The monoisotopic (exact) mass is 308 g/mol. The molecule has 0 radical (unpaired) electrons. The van der Waals surface area contributed by atoms with Crippen LogP contribution in [0.15, 0.2) is 61.7 Å². The number of amides is 1. The first kappa shape index (κ1) is 18.0. The van der Waals surface area contributed by atoms with Gasteiger partial charge in [0.25, 0.3) is 5.91 Å². The first-order valence-corrected chi connectivity index (χ1v) is 7.06. The quantitative estimate of drug-likeness (QED) is 0.462. The van der Waals surface area contributed by atoms with Crippen molar-refractivity contribution in [2.24, 2.45) is 0 Å². The number of hydrogen-bond donors (Lipinski definition) is 3. The van der Waals surface area contributed by atoms with Crippen molar-refractivity contribution in [2.75, 3.05) is 18.9 Å². The maximum atomic E-state index is 11.7. The molecule has 4 heteroatoms. The lowest BCUT2D eigenvalue weighted by atomic mass is 10.1. The van der Waals surface area contributed by atoms with Crippen LogP contribution >= 0.6 is 0 Å². The number of nitrogens with two attached hydrogens (primary N) is 1. The van der Waals surface area contributed by atoms with Gasteiger partial charge in [-0.15, -0.1) is 13.2 Å². The van der Waals surface area contributed by atoms with E-state index in [-0.39, 0.29) is 19.1 Å². The normalized spacial score (nSPS) is 8.91. The standard InChI is InChI=1S/C17H16N2O2.C2H4/c18-16-9-5-14(6-10-16)2-1-13-3-7-15(8-4-13)17(21)19-11-12-20;1-2/h3-10,20H,11-12,18H2,(H,19,21);1-2H2. The molecule has 0 bridgehead atoms. The Labute approximate surface area is 136 Å². The third kappa shape index (κ3) is 6.08. The van der Waals surface area contributed by atoms with Crippen molar-refractivity contribution in [1.29, 1.82) is 0 Å². The number of nitrogens with one attached hydrogen (secondary N) is 1. The lowest BCUT2D eigenvalue weighted by Gasteiger charge is -2.02. The summed E-state index contributed by atoms with van der Waals surface area (Å²) in [6.45, 7) is 6.18.